The highest BCUT2D eigenvalue weighted by molar-refractivity contribution is 5.67. The predicted octanol–water partition coefficient (Wildman–Crippen LogP) is 5.23. The first-order chi connectivity index (χ1) is 18.4. The Balaban J connectivity index is 1.44. The summed E-state index contributed by atoms with van der Waals surface area (Å²) in [5.41, 5.74) is 8.23. The van der Waals surface area contributed by atoms with Gasteiger partial charge in [0.2, 0.25) is 0 Å². The molecule has 5 rings (SSSR count). The van der Waals surface area contributed by atoms with Crippen molar-refractivity contribution in [1.29, 1.82) is 5.26 Å². The largest absolute Gasteiger partial charge is 0.381 e. The second-order valence-electron chi connectivity index (χ2n) is 10.4. The van der Waals surface area contributed by atoms with Gasteiger partial charge in [0.15, 0.2) is 5.82 Å². The van der Waals surface area contributed by atoms with Gasteiger partial charge in [0.1, 0.15) is 23.4 Å². The Morgan fingerprint density at radius 3 is 2.58 bits per heavy atom. The van der Waals surface area contributed by atoms with Crippen molar-refractivity contribution < 1.29 is 13.5 Å². The van der Waals surface area contributed by atoms with Crippen molar-refractivity contribution in [2.45, 2.75) is 50.7 Å². The minimum Gasteiger partial charge on any atom is -0.381 e. The average Bonchev–Trinajstić information content (AvgIpc) is 3.36. The van der Waals surface area contributed by atoms with Crippen LogP contribution in [0.4, 0.5) is 20.3 Å². The third-order valence-corrected chi connectivity index (χ3v) is 7.79. The van der Waals surface area contributed by atoms with Gasteiger partial charge < -0.3 is 20.7 Å². The van der Waals surface area contributed by atoms with Crippen LogP contribution in [0.2, 0.25) is 0 Å². The number of hydrogen-bond donors (Lipinski definition) is 2. The fraction of sp³-hybridized carbons (Fsp3) is 0.448. The van der Waals surface area contributed by atoms with Crippen LogP contribution in [0.1, 0.15) is 44.1 Å². The number of methoxy groups -OCH3 is 1. The van der Waals surface area contributed by atoms with Gasteiger partial charge in [-0.25, -0.2) is 13.5 Å². The summed E-state index contributed by atoms with van der Waals surface area (Å²) in [5.74, 6) is -0.0228. The molecule has 1 aromatic heterocycles. The molecule has 38 heavy (non-hydrogen) atoms. The minimum absolute atomic E-state index is 0.0421. The van der Waals surface area contributed by atoms with Crippen LogP contribution in [0.5, 0.6) is 0 Å². The predicted molar refractivity (Wildman–Crippen MR) is 144 cm³/mol. The van der Waals surface area contributed by atoms with Crippen LogP contribution in [-0.2, 0) is 4.74 Å². The lowest BCUT2D eigenvalue weighted by atomic mass is 9.86. The molecule has 0 radical (unpaired) electrons. The van der Waals surface area contributed by atoms with Gasteiger partial charge in [-0.15, -0.1) is 5.10 Å². The van der Waals surface area contributed by atoms with Crippen molar-refractivity contribution in [2.75, 3.05) is 37.0 Å². The molecule has 3 aromatic rings. The fourth-order valence-corrected chi connectivity index (χ4v) is 5.60. The Morgan fingerprint density at radius 1 is 1.08 bits per heavy atom. The van der Waals surface area contributed by atoms with E-state index in [0.29, 0.717) is 29.5 Å². The zero-order valence-corrected chi connectivity index (χ0v) is 21.7. The second kappa shape index (κ2) is 11.5. The van der Waals surface area contributed by atoms with Gasteiger partial charge in [-0.2, -0.15) is 5.26 Å². The first-order valence-corrected chi connectivity index (χ1v) is 13.3. The Kier molecular flexibility index (Phi) is 7.91. The first-order valence-electron chi connectivity index (χ1n) is 13.3. The van der Waals surface area contributed by atoms with Gasteiger partial charge in [-0.1, -0.05) is 12.5 Å². The third kappa shape index (κ3) is 5.66. The molecule has 0 bridgehead atoms. The molecule has 0 unspecified atom stereocenters. The van der Waals surface area contributed by atoms with E-state index in [1.54, 1.807) is 25.3 Å². The Hall–Kier alpha value is -3.48. The molecule has 9 heteroatoms. The van der Waals surface area contributed by atoms with Crippen LogP contribution in [0.3, 0.4) is 0 Å². The number of ether oxygens (including phenoxy) is 1. The molecule has 2 heterocycles. The number of halogens is 2. The van der Waals surface area contributed by atoms with Gasteiger partial charge in [0.25, 0.3) is 0 Å². The molecular formula is C29H34F2N6O. The van der Waals surface area contributed by atoms with E-state index in [2.05, 4.69) is 15.3 Å². The number of anilines is 2. The highest BCUT2D eigenvalue weighted by Gasteiger charge is 2.23. The lowest BCUT2D eigenvalue weighted by Crippen LogP contribution is -2.36. The normalized spacial score (nSPS) is 20.3. The minimum atomic E-state index is -0.626. The maximum Gasteiger partial charge on any atom is 0.150 e. The third-order valence-electron chi connectivity index (χ3n) is 7.79. The topological polar surface area (TPSA) is 92.1 Å². The van der Waals surface area contributed by atoms with Gasteiger partial charge in [0.05, 0.1) is 17.4 Å². The molecule has 2 fully saturated rings. The van der Waals surface area contributed by atoms with Crippen molar-refractivity contribution in [3.05, 3.63) is 59.7 Å². The number of piperidine rings is 1. The van der Waals surface area contributed by atoms with E-state index in [1.807, 2.05) is 12.1 Å². The van der Waals surface area contributed by atoms with Crippen molar-refractivity contribution in [3.63, 3.8) is 0 Å². The standard InChI is InChI=1S/C29H34F2N6O/c1-38-24-9-11-36(12-10-24)23-7-8-27(26(31)15-23)37-28(20-5-6-21(17-32)25(30)14-20)16-29(35-37)34-18-19-3-2-4-22(33)13-19/h5-8,14-16,19,22,24H,2-4,9-13,18,33H2,1H3,(H,34,35)/t19-,22-/m0/s1. The first kappa shape index (κ1) is 26.1. The summed E-state index contributed by atoms with van der Waals surface area (Å²) >= 11 is 0. The Labute approximate surface area is 222 Å². The van der Waals surface area contributed by atoms with Crippen molar-refractivity contribution in [2.24, 2.45) is 11.7 Å². The molecule has 1 saturated carbocycles. The maximum absolute atomic E-state index is 15.6. The zero-order valence-electron chi connectivity index (χ0n) is 21.7. The van der Waals surface area contributed by atoms with Gasteiger partial charge >= 0.3 is 0 Å². The van der Waals surface area contributed by atoms with Crippen molar-refractivity contribution in [1.82, 2.24) is 9.78 Å². The van der Waals surface area contributed by atoms with E-state index in [4.69, 9.17) is 15.7 Å². The molecule has 2 aliphatic rings. The smallest absolute Gasteiger partial charge is 0.150 e. The molecule has 7 nitrogen and oxygen atoms in total. The number of nitrogens with one attached hydrogen (secondary N) is 1. The summed E-state index contributed by atoms with van der Waals surface area (Å²) in [7, 11) is 1.73. The van der Waals surface area contributed by atoms with E-state index < -0.39 is 11.6 Å². The highest BCUT2D eigenvalue weighted by Crippen LogP contribution is 2.31. The lowest BCUT2D eigenvalue weighted by molar-refractivity contribution is 0.0819. The van der Waals surface area contributed by atoms with E-state index >= 15 is 4.39 Å². The second-order valence-corrected chi connectivity index (χ2v) is 10.4. The molecule has 1 aliphatic carbocycles. The zero-order chi connectivity index (χ0) is 26.6. The van der Waals surface area contributed by atoms with Crippen LogP contribution in [0, 0.1) is 28.9 Å². The average molecular weight is 521 g/mol. The number of nitrogens with two attached hydrogens (primary N) is 1. The SMILES string of the molecule is COC1CCN(c2ccc(-n3nc(NC[C@H]4CCC[C@H](N)C4)cc3-c3ccc(C#N)c(F)c3)c(F)c2)CC1. The molecule has 1 saturated heterocycles. The molecule has 1 aliphatic heterocycles. The van der Waals surface area contributed by atoms with E-state index in [9.17, 15) is 4.39 Å². The number of nitrogens with zero attached hydrogens (tertiary/aromatic N) is 4. The number of hydrogen-bond acceptors (Lipinski definition) is 6. The van der Waals surface area contributed by atoms with Gasteiger partial charge in [-0.3, -0.25) is 0 Å². The van der Waals surface area contributed by atoms with Crippen LogP contribution in [0.15, 0.2) is 42.5 Å². The lowest BCUT2D eigenvalue weighted by Gasteiger charge is -2.33. The summed E-state index contributed by atoms with van der Waals surface area (Å²) < 4.78 is 37.1. The molecule has 0 spiro atoms. The summed E-state index contributed by atoms with van der Waals surface area (Å²) in [6, 6.07) is 13.4. The quantitative estimate of drug-likeness (QED) is 0.443. The van der Waals surface area contributed by atoms with Gasteiger partial charge in [0, 0.05) is 50.1 Å². The van der Waals surface area contributed by atoms with Crippen LogP contribution < -0.4 is 16.0 Å². The highest BCUT2D eigenvalue weighted by atomic mass is 19.1. The van der Waals surface area contributed by atoms with E-state index in [1.165, 1.54) is 22.9 Å². The molecule has 2 atom stereocenters. The molecular weight excluding hydrogens is 486 g/mol. The summed E-state index contributed by atoms with van der Waals surface area (Å²) in [6.07, 6.45) is 6.26. The molecule has 2 aromatic carbocycles. The number of benzene rings is 2. The fourth-order valence-electron chi connectivity index (χ4n) is 5.60. The van der Waals surface area contributed by atoms with Crippen LogP contribution >= 0.6 is 0 Å². The number of rotatable bonds is 7. The summed E-state index contributed by atoms with van der Waals surface area (Å²) in [6.45, 7) is 2.31. The number of aromatic nitrogens is 2. The Morgan fingerprint density at radius 2 is 1.89 bits per heavy atom. The van der Waals surface area contributed by atoms with Crippen LogP contribution in [0.25, 0.3) is 16.9 Å². The van der Waals surface area contributed by atoms with Crippen molar-refractivity contribution in [3.8, 4) is 23.0 Å². The van der Waals surface area contributed by atoms with E-state index in [-0.39, 0.29) is 23.4 Å². The molecule has 3 N–H and O–H groups in total. The molecule has 0 amide bonds. The van der Waals surface area contributed by atoms with Gasteiger partial charge in [-0.05, 0) is 68.4 Å². The monoisotopic (exact) mass is 520 g/mol. The summed E-state index contributed by atoms with van der Waals surface area (Å²) in [4.78, 5) is 2.16. The number of nitriles is 1. The van der Waals surface area contributed by atoms with E-state index in [0.717, 1.165) is 57.3 Å². The Bertz CT molecular complexity index is 1310. The van der Waals surface area contributed by atoms with Crippen molar-refractivity contribution >= 4 is 11.5 Å². The summed E-state index contributed by atoms with van der Waals surface area (Å²) in [5, 5.41) is 17.2. The maximum atomic E-state index is 15.6. The molecule has 200 valence electrons. The van der Waals surface area contributed by atoms with Crippen LogP contribution in [-0.4, -0.2) is 48.7 Å².